The molecule has 1 aromatic carbocycles. The van der Waals surface area contributed by atoms with Gasteiger partial charge in [-0.05, 0) is 36.9 Å². The summed E-state index contributed by atoms with van der Waals surface area (Å²) in [5.41, 5.74) is 1.41. The van der Waals surface area contributed by atoms with Gasteiger partial charge in [0.15, 0.2) is 9.04 Å². The molecule has 0 aromatic heterocycles. The second kappa shape index (κ2) is 7.93. The fraction of sp³-hybridized carbons (Fsp3) is 0.684. The van der Waals surface area contributed by atoms with E-state index in [1.165, 1.54) is 5.56 Å². The summed E-state index contributed by atoms with van der Waals surface area (Å²) in [6, 6.07) is 10.9. The molecule has 23 heavy (non-hydrogen) atoms. The molecule has 1 aliphatic rings. The van der Waals surface area contributed by atoms with Crippen molar-refractivity contribution in [2.45, 2.75) is 71.5 Å². The first-order valence-corrected chi connectivity index (χ1v) is 11.7. The summed E-state index contributed by atoms with van der Waals surface area (Å²) < 4.78 is 6.46. The molecule has 1 fully saturated rings. The molecule has 1 heterocycles. The first kappa shape index (κ1) is 18.7. The predicted molar refractivity (Wildman–Crippen MR) is 99.1 cm³/mol. The minimum Gasteiger partial charge on any atom is -0.416 e. The Morgan fingerprint density at radius 2 is 1.91 bits per heavy atom. The molecule has 0 bridgehead atoms. The molecular weight excluding hydrogens is 302 g/mol. The molecule has 4 heteroatoms. The van der Waals surface area contributed by atoms with Crippen molar-refractivity contribution < 1.29 is 9.53 Å². The second-order valence-electron chi connectivity index (χ2n) is 8.17. The number of likely N-dealkylation sites (tertiary alicyclic amines) is 1. The average Bonchev–Trinajstić information content (AvgIpc) is 2.46. The number of rotatable bonds is 5. The molecule has 0 spiro atoms. The molecule has 0 radical (unpaired) electrons. The summed E-state index contributed by atoms with van der Waals surface area (Å²) >= 11 is 0. The number of aliphatic hydroxyl groups excluding tert-OH is 1. The molecule has 1 saturated heterocycles. The predicted octanol–water partition coefficient (Wildman–Crippen LogP) is 3.43. The van der Waals surface area contributed by atoms with E-state index in [0.717, 1.165) is 25.9 Å². The molecule has 1 N–H and O–H groups in total. The summed E-state index contributed by atoms with van der Waals surface area (Å²) in [4.78, 5) is 2.52. The van der Waals surface area contributed by atoms with Crippen LogP contribution in [0.2, 0.25) is 13.1 Å². The first-order valence-electron chi connectivity index (χ1n) is 8.89. The minimum absolute atomic E-state index is 0.0773. The van der Waals surface area contributed by atoms with Crippen molar-refractivity contribution in [2.24, 2.45) is 5.41 Å². The Balaban J connectivity index is 2.21. The molecule has 1 aliphatic heterocycles. The Bertz CT molecular complexity index is 472. The highest BCUT2D eigenvalue weighted by Gasteiger charge is 2.40. The van der Waals surface area contributed by atoms with Gasteiger partial charge in [-0.1, -0.05) is 51.1 Å². The fourth-order valence-electron chi connectivity index (χ4n) is 3.52. The van der Waals surface area contributed by atoms with Crippen LogP contribution in [0.1, 0.15) is 39.2 Å². The zero-order valence-electron chi connectivity index (χ0n) is 15.3. The zero-order valence-corrected chi connectivity index (χ0v) is 16.5. The highest BCUT2D eigenvalue weighted by Crippen LogP contribution is 2.33. The third-order valence-electron chi connectivity index (χ3n) is 4.58. The van der Waals surface area contributed by atoms with E-state index < -0.39 is 9.04 Å². The standard InChI is InChI=1S/C19H33NO2Si/c1-19(2,3)18(22-23(4)5)17-13-16(21)11-12-20(17)14-15-9-7-6-8-10-15/h6-10,16-18,21,23H,11-14H2,1-5H3. The molecule has 130 valence electrons. The number of piperidine rings is 1. The normalized spacial score (nSPS) is 24.8. The van der Waals surface area contributed by atoms with Crippen LogP contribution in [0.25, 0.3) is 0 Å². The summed E-state index contributed by atoms with van der Waals surface area (Å²) in [5.74, 6) is 0. The fourth-order valence-corrected chi connectivity index (χ4v) is 4.70. The molecule has 2 rings (SSSR count). The van der Waals surface area contributed by atoms with E-state index in [2.05, 4.69) is 69.1 Å². The molecule has 3 atom stereocenters. The van der Waals surface area contributed by atoms with Gasteiger partial charge in [-0.3, -0.25) is 4.90 Å². The number of benzene rings is 1. The van der Waals surface area contributed by atoms with Gasteiger partial charge in [-0.25, -0.2) is 0 Å². The molecule has 0 amide bonds. The van der Waals surface area contributed by atoms with Crippen LogP contribution < -0.4 is 0 Å². The van der Waals surface area contributed by atoms with Gasteiger partial charge in [0.1, 0.15) is 0 Å². The first-order chi connectivity index (χ1) is 10.8. The lowest BCUT2D eigenvalue weighted by atomic mass is 9.80. The van der Waals surface area contributed by atoms with Crippen LogP contribution in [0.15, 0.2) is 30.3 Å². The van der Waals surface area contributed by atoms with E-state index in [0.29, 0.717) is 0 Å². The molecular formula is C19H33NO2Si. The van der Waals surface area contributed by atoms with Crippen LogP contribution in [0, 0.1) is 5.41 Å². The van der Waals surface area contributed by atoms with E-state index in [4.69, 9.17) is 4.43 Å². The van der Waals surface area contributed by atoms with E-state index >= 15 is 0 Å². The van der Waals surface area contributed by atoms with E-state index in [1.54, 1.807) is 0 Å². The molecule has 0 saturated carbocycles. The Morgan fingerprint density at radius 1 is 1.26 bits per heavy atom. The van der Waals surface area contributed by atoms with Crippen LogP contribution in [0.5, 0.6) is 0 Å². The Labute approximate surface area is 143 Å². The van der Waals surface area contributed by atoms with Crippen molar-refractivity contribution in [3.63, 3.8) is 0 Å². The van der Waals surface area contributed by atoms with Crippen LogP contribution >= 0.6 is 0 Å². The van der Waals surface area contributed by atoms with Crippen LogP contribution in [0.3, 0.4) is 0 Å². The van der Waals surface area contributed by atoms with Crippen molar-refractivity contribution in [2.75, 3.05) is 6.54 Å². The van der Waals surface area contributed by atoms with E-state index in [-0.39, 0.29) is 23.7 Å². The summed E-state index contributed by atoms with van der Waals surface area (Å²) in [6.07, 6.45) is 1.65. The van der Waals surface area contributed by atoms with Gasteiger partial charge in [0.25, 0.3) is 0 Å². The maximum atomic E-state index is 10.2. The SMILES string of the molecule is C[SiH](C)OC(C1CC(O)CCN1Cc1ccccc1)C(C)(C)C. The third kappa shape index (κ3) is 5.42. The van der Waals surface area contributed by atoms with Gasteiger partial charge in [0, 0.05) is 19.1 Å². The lowest BCUT2D eigenvalue weighted by Crippen LogP contribution is -2.55. The van der Waals surface area contributed by atoms with Gasteiger partial charge < -0.3 is 9.53 Å². The monoisotopic (exact) mass is 335 g/mol. The summed E-state index contributed by atoms with van der Waals surface area (Å²) in [7, 11) is -1.14. The van der Waals surface area contributed by atoms with Crippen molar-refractivity contribution >= 4 is 9.04 Å². The van der Waals surface area contributed by atoms with Crippen molar-refractivity contribution in [3.8, 4) is 0 Å². The lowest BCUT2D eigenvalue weighted by molar-refractivity contribution is -0.0533. The smallest absolute Gasteiger partial charge is 0.171 e. The number of aliphatic hydroxyl groups is 1. The third-order valence-corrected chi connectivity index (χ3v) is 5.42. The van der Waals surface area contributed by atoms with Gasteiger partial charge in [0.05, 0.1) is 12.2 Å². The highest BCUT2D eigenvalue weighted by atomic mass is 28.3. The Kier molecular flexibility index (Phi) is 6.43. The van der Waals surface area contributed by atoms with Crippen LogP contribution in [-0.2, 0) is 11.0 Å². The minimum atomic E-state index is -1.14. The van der Waals surface area contributed by atoms with Crippen LogP contribution in [-0.4, -0.2) is 43.8 Å². The maximum Gasteiger partial charge on any atom is 0.171 e. The summed E-state index contributed by atoms with van der Waals surface area (Å²) in [5, 5.41) is 10.2. The maximum absolute atomic E-state index is 10.2. The quantitative estimate of drug-likeness (QED) is 0.837. The lowest BCUT2D eigenvalue weighted by Gasteiger charge is -2.47. The zero-order chi connectivity index (χ0) is 17.0. The number of hydrogen-bond acceptors (Lipinski definition) is 3. The van der Waals surface area contributed by atoms with Gasteiger partial charge in [-0.15, -0.1) is 0 Å². The molecule has 1 aromatic rings. The van der Waals surface area contributed by atoms with E-state index in [9.17, 15) is 5.11 Å². The topological polar surface area (TPSA) is 32.7 Å². The Hall–Kier alpha value is -0.683. The second-order valence-corrected chi connectivity index (χ2v) is 10.5. The highest BCUT2D eigenvalue weighted by molar-refractivity contribution is 6.48. The van der Waals surface area contributed by atoms with Gasteiger partial charge >= 0.3 is 0 Å². The molecule has 0 aliphatic carbocycles. The molecule has 3 unspecified atom stereocenters. The van der Waals surface area contributed by atoms with Gasteiger partial charge in [0.2, 0.25) is 0 Å². The van der Waals surface area contributed by atoms with Crippen LogP contribution in [0.4, 0.5) is 0 Å². The van der Waals surface area contributed by atoms with E-state index in [1.807, 2.05) is 0 Å². The largest absolute Gasteiger partial charge is 0.416 e. The summed E-state index contributed by atoms with van der Waals surface area (Å²) in [6.45, 7) is 13.1. The number of hydrogen-bond donors (Lipinski definition) is 1. The van der Waals surface area contributed by atoms with Crippen molar-refractivity contribution in [1.82, 2.24) is 4.90 Å². The Morgan fingerprint density at radius 3 is 2.48 bits per heavy atom. The average molecular weight is 336 g/mol. The number of nitrogens with zero attached hydrogens (tertiary/aromatic N) is 1. The van der Waals surface area contributed by atoms with Crippen molar-refractivity contribution in [1.29, 1.82) is 0 Å². The van der Waals surface area contributed by atoms with Gasteiger partial charge in [-0.2, -0.15) is 0 Å². The van der Waals surface area contributed by atoms with Crippen molar-refractivity contribution in [3.05, 3.63) is 35.9 Å². The molecule has 3 nitrogen and oxygen atoms in total.